The highest BCUT2D eigenvalue weighted by atomic mass is 16.3. The molecular formula is C14H24N2O. The summed E-state index contributed by atoms with van der Waals surface area (Å²) in [5.74, 6) is 2.13. The van der Waals surface area contributed by atoms with Gasteiger partial charge in [0.15, 0.2) is 0 Å². The first-order valence-corrected chi connectivity index (χ1v) is 6.70. The molecule has 2 rings (SSSR count). The first-order chi connectivity index (χ1) is 8.20. The molecule has 0 amide bonds. The van der Waals surface area contributed by atoms with Crippen LogP contribution in [0.5, 0.6) is 0 Å². The lowest BCUT2D eigenvalue weighted by atomic mass is 9.91. The number of nitrogens with one attached hydrogen (secondary N) is 1. The lowest BCUT2D eigenvalue weighted by molar-refractivity contribution is 0.152. The summed E-state index contributed by atoms with van der Waals surface area (Å²) in [6, 6.07) is 2.99. The van der Waals surface area contributed by atoms with Crippen molar-refractivity contribution in [1.29, 1.82) is 0 Å². The molecular weight excluding hydrogens is 212 g/mol. The van der Waals surface area contributed by atoms with Crippen molar-refractivity contribution in [1.82, 2.24) is 10.2 Å². The van der Waals surface area contributed by atoms with E-state index < -0.39 is 0 Å². The average molecular weight is 236 g/mol. The number of furan rings is 1. The van der Waals surface area contributed by atoms with Crippen molar-refractivity contribution >= 4 is 0 Å². The van der Waals surface area contributed by atoms with Crippen molar-refractivity contribution in [3.05, 3.63) is 23.2 Å². The average Bonchev–Trinajstić information content (AvgIpc) is 2.54. The maximum Gasteiger partial charge on any atom is 0.118 e. The molecule has 1 saturated carbocycles. The fraction of sp³-hybridized carbons (Fsp3) is 0.714. The maximum absolute atomic E-state index is 5.76. The third kappa shape index (κ3) is 3.11. The van der Waals surface area contributed by atoms with Gasteiger partial charge in [-0.3, -0.25) is 4.90 Å². The minimum atomic E-state index is 0.793. The normalized spacial score (nSPS) is 16.5. The standard InChI is InChI=1S/C14H24N2O/c1-4-15-9-14-8-12(11(2)17-14)10-16(3)13-6-5-7-13/h8,13,15H,4-7,9-10H2,1-3H3. The molecule has 0 atom stereocenters. The highest BCUT2D eigenvalue weighted by molar-refractivity contribution is 5.20. The fourth-order valence-electron chi connectivity index (χ4n) is 2.31. The van der Waals surface area contributed by atoms with Crippen molar-refractivity contribution in [2.24, 2.45) is 0 Å². The van der Waals surface area contributed by atoms with Crippen LogP contribution >= 0.6 is 0 Å². The van der Waals surface area contributed by atoms with E-state index in [0.29, 0.717) is 0 Å². The van der Waals surface area contributed by atoms with Gasteiger partial charge in [-0.05, 0) is 39.4 Å². The van der Waals surface area contributed by atoms with E-state index in [4.69, 9.17) is 4.42 Å². The third-order valence-electron chi connectivity index (χ3n) is 3.74. The zero-order valence-electron chi connectivity index (χ0n) is 11.3. The van der Waals surface area contributed by atoms with E-state index in [1.165, 1.54) is 24.8 Å². The van der Waals surface area contributed by atoms with Crippen LogP contribution in [0.25, 0.3) is 0 Å². The van der Waals surface area contributed by atoms with Crippen molar-refractivity contribution in [3.8, 4) is 0 Å². The van der Waals surface area contributed by atoms with E-state index in [2.05, 4.69) is 37.2 Å². The van der Waals surface area contributed by atoms with Crippen LogP contribution in [0.1, 0.15) is 43.3 Å². The van der Waals surface area contributed by atoms with Crippen LogP contribution in [-0.4, -0.2) is 24.5 Å². The maximum atomic E-state index is 5.76. The lowest BCUT2D eigenvalue weighted by Crippen LogP contribution is -2.36. The molecule has 0 aliphatic heterocycles. The molecule has 1 heterocycles. The Morgan fingerprint density at radius 2 is 2.24 bits per heavy atom. The number of aryl methyl sites for hydroxylation is 1. The minimum Gasteiger partial charge on any atom is -0.465 e. The van der Waals surface area contributed by atoms with Gasteiger partial charge < -0.3 is 9.73 Å². The lowest BCUT2D eigenvalue weighted by Gasteiger charge is -2.34. The Hall–Kier alpha value is -0.800. The Balaban J connectivity index is 1.92. The monoisotopic (exact) mass is 236 g/mol. The van der Waals surface area contributed by atoms with Crippen LogP contribution < -0.4 is 5.32 Å². The van der Waals surface area contributed by atoms with Gasteiger partial charge in [-0.25, -0.2) is 0 Å². The van der Waals surface area contributed by atoms with Crippen molar-refractivity contribution in [2.75, 3.05) is 13.6 Å². The highest BCUT2D eigenvalue weighted by Gasteiger charge is 2.22. The van der Waals surface area contributed by atoms with Crippen molar-refractivity contribution < 1.29 is 4.42 Å². The van der Waals surface area contributed by atoms with Crippen LogP contribution in [0.15, 0.2) is 10.5 Å². The summed E-state index contributed by atoms with van der Waals surface area (Å²) < 4.78 is 5.76. The molecule has 1 aromatic rings. The molecule has 17 heavy (non-hydrogen) atoms. The minimum absolute atomic E-state index is 0.793. The van der Waals surface area contributed by atoms with E-state index in [0.717, 1.165) is 37.2 Å². The molecule has 1 N–H and O–H groups in total. The summed E-state index contributed by atoms with van der Waals surface area (Å²) in [5, 5.41) is 3.30. The molecule has 3 heteroatoms. The van der Waals surface area contributed by atoms with Gasteiger partial charge in [-0.1, -0.05) is 13.3 Å². The molecule has 0 bridgehead atoms. The second kappa shape index (κ2) is 5.69. The van der Waals surface area contributed by atoms with Gasteiger partial charge in [0.05, 0.1) is 6.54 Å². The Bertz CT molecular complexity index is 355. The molecule has 1 aromatic heterocycles. The van der Waals surface area contributed by atoms with Crippen LogP contribution in [0.4, 0.5) is 0 Å². The van der Waals surface area contributed by atoms with Crippen molar-refractivity contribution in [2.45, 2.75) is 52.2 Å². The smallest absolute Gasteiger partial charge is 0.118 e. The summed E-state index contributed by atoms with van der Waals surface area (Å²) in [5.41, 5.74) is 1.34. The number of hydrogen-bond donors (Lipinski definition) is 1. The van der Waals surface area contributed by atoms with Gasteiger partial charge in [-0.15, -0.1) is 0 Å². The molecule has 96 valence electrons. The van der Waals surface area contributed by atoms with Crippen LogP contribution in [0.2, 0.25) is 0 Å². The molecule has 0 saturated heterocycles. The number of rotatable bonds is 6. The van der Waals surface area contributed by atoms with E-state index in [-0.39, 0.29) is 0 Å². The van der Waals surface area contributed by atoms with Crippen LogP contribution in [-0.2, 0) is 13.1 Å². The number of hydrogen-bond acceptors (Lipinski definition) is 3. The van der Waals surface area contributed by atoms with Gasteiger partial charge in [0, 0.05) is 18.2 Å². The summed E-state index contributed by atoms with van der Waals surface area (Å²) >= 11 is 0. The molecule has 1 aliphatic rings. The van der Waals surface area contributed by atoms with Gasteiger partial charge in [-0.2, -0.15) is 0 Å². The van der Waals surface area contributed by atoms with E-state index in [1.54, 1.807) is 0 Å². The molecule has 0 unspecified atom stereocenters. The van der Waals surface area contributed by atoms with Crippen LogP contribution in [0.3, 0.4) is 0 Å². The molecule has 0 spiro atoms. The summed E-state index contributed by atoms with van der Waals surface area (Å²) in [4.78, 5) is 2.46. The fourth-order valence-corrected chi connectivity index (χ4v) is 2.31. The Kier molecular flexibility index (Phi) is 4.24. The van der Waals surface area contributed by atoms with Crippen LogP contribution in [0, 0.1) is 6.92 Å². The Morgan fingerprint density at radius 1 is 1.47 bits per heavy atom. The molecule has 0 radical (unpaired) electrons. The van der Waals surface area contributed by atoms with Gasteiger partial charge in [0.2, 0.25) is 0 Å². The molecule has 1 fully saturated rings. The predicted molar refractivity (Wildman–Crippen MR) is 69.9 cm³/mol. The summed E-state index contributed by atoms with van der Waals surface area (Å²) in [7, 11) is 2.22. The molecule has 3 nitrogen and oxygen atoms in total. The zero-order chi connectivity index (χ0) is 12.3. The highest BCUT2D eigenvalue weighted by Crippen LogP contribution is 2.26. The SMILES string of the molecule is CCNCc1cc(CN(C)C2CCC2)c(C)o1. The quantitative estimate of drug-likeness (QED) is 0.823. The van der Waals surface area contributed by atoms with Gasteiger partial charge >= 0.3 is 0 Å². The second-order valence-corrected chi connectivity index (χ2v) is 5.07. The second-order valence-electron chi connectivity index (χ2n) is 5.07. The largest absolute Gasteiger partial charge is 0.465 e. The summed E-state index contributed by atoms with van der Waals surface area (Å²) in [6.45, 7) is 7.02. The first kappa shape index (κ1) is 12.7. The third-order valence-corrected chi connectivity index (χ3v) is 3.74. The summed E-state index contributed by atoms with van der Waals surface area (Å²) in [6.07, 6.45) is 4.11. The van der Waals surface area contributed by atoms with E-state index >= 15 is 0 Å². The predicted octanol–water partition coefficient (Wildman–Crippen LogP) is 2.68. The Labute approximate surface area is 104 Å². The van der Waals surface area contributed by atoms with Gasteiger partial charge in [0.1, 0.15) is 11.5 Å². The first-order valence-electron chi connectivity index (χ1n) is 6.70. The molecule has 0 aromatic carbocycles. The Morgan fingerprint density at radius 3 is 2.82 bits per heavy atom. The van der Waals surface area contributed by atoms with E-state index in [1.807, 2.05) is 0 Å². The topological polar surface area (TPSA) is 28.4 Å². The van der Waals surface area contributed by atoms with Crippen molar-refractivity contribution in [3.63, 3.8) is 0 Å². The molecule has 1 aliphatic carbocycles. The number of nitrogens with zero attached hydrogens (tertiary/aromatic N) is 1. The van der Waals surface area contributed by atoms with E-state index in [9.17, 15) is 0 Å². The zero-order valence-corrected chi connectivity index (χ0v) is 11.3. The van der Waals surface area contributed by atoms with Gasteiger partial charge in [0.25, 0.3) is 0 Å².